The van der Waals surface area contributed by atoms with Gasteiger partial charge in [-0.1, -0.05) is 0 Å². The summed E-state index contributed by atoms with van der Waals surface area (Å²) in [6, 6.07) is 3.86. The molecule has 1 aromatic rings. The Balaban J connectivity index is 1.91. The van der Waals surface area contributed by atoms with Crippen LogP contribution in [0, 0.1) is 5.92 Å². The molecule has 1 aliphatic heterocycles. The second-order valence-corrected chi connectivity index (χ2v) is 6.39. The molecule has 2 rings (SSSR count). The molecule has 0 aromatic carbocycles. The van der Waals surface area contributed by atoms with Gasteiger partial charge < -0.3 is 5.32 Å². The zero-order chi connectivity index (χ0) is 10.7. The van der Waals surface area contributed by atoms with Crippen LogP contribution in [0.4, 0.5) is 0 Å². The summed E-state index contributed by atoms with van der Waals surface area (Å²) in [6.45, 7) is 2.12. The predicted octanol–water partition coefficient (Wildman–Crippen LogP) is 3.08. The molecule has 1 aromatic heterocycles. The lowest BCUT2D eigenvalue weighted by atomic mass is 9.92. The fourth-order valence-electron chi connectivity index (χ4n) is 1.91. The van der Waals surface area contributed by atoms with Crippen LogP contribution in [0.1, 0.15) is 28.9 Å². The van der Waals surface area contributed by atoms with Crippen molar-refractivity contribution in [3.05, 3.63) is 20.8 Å². The number of hydrogen-bond donors (Lipinski definition) is 1. The van der Waals surface area contributed by atoms with Gasteiger partial charge in [0.05, 0.1) is 8.66 Å². The molecule has 0 unspecified atom stereocenters. The Bertz CT molecular complexity index is 344. The van der Waals surface area contributed by atoms with Gasteiger partial charge in [0.25, 0.3) is 0 Å². The first-order valence-corrected chi connectivity index (χ1v) is 6.86. The molecule has 0 radical (unpaired) electrons. The quantitative estimate of drug-likeness (QED) is 0.866. The highest BCUT2D eigenvalue weighted by Crippen LogP contribution is 2.26. The summed E-state index contributed by atoms with van der Waals surface area (Å²) in [7, 11) is 0. The summed E-state index contributed by atoms with van der Waals surface area (Å²) in [5, 5.41) is 3.32. The second kappa shape index (κ2) is 5.23. The van der Waals surface area contributed by atoms with Gasteiger partial charge in [-0.3, -0.25) is 4.79 Å². The standard InChI is InChI=1S/C11H14BrNOS/c12-11-2-1-10(15-11)9(14)7-8-3-5-13-6-4-8/h1-2,8,13H,3-7H2. The summed E-state index contributed by atoms with van der Waals surface area (Å²) in [5.74, 6) is 0.886. The number of rotatable bonds is 3. The van der Waals surface area contributed by atoms with Crippen LogP contribution in [0.25, 0.3) is 0 Å². The topological polar surface area (TPSA) is 29.1 Å². The molecular weight excluding hydrogens is 274 g/mol. The van der Waals surface area contributed by atoms with Crippen molar-refractivity contribution in [1.29, 1.82) is 0 Å². The fourth-order valence-corrected chi connectivity index (χ4v) is 3.25. The van der Waals surface area contributed by atoms with Gasteiger partial charge in [-0.25, -0.2) is 0 Å². The summed E-state index contributed by atoms with van der Waals surface area (Å²) < 4.78 is 1.04. The van der Waals surface area contributed by atoms with Crippen LogP contribution < -0.4 is 5.32 Å². The number of Topliss-reactive ketones (excluding diaryl/α,β-unsaturated/α-hetero) is 1. The van der Waals surface area contributed by atoms with Crippen molar-refractivity contribution in [2.75, 3.05) is 13.1 Å². The average Bonchev–Trinajstić information content (AvgIpc) is 2.66. The first kappa shape index (κ1) is 11.3. The molecule has 2 heterocycles. The number of thiophene rings is 1. The molecule has 0 saturated carbocycles. The minimum Gasteiger partial charge on any atom is -0.317 e. The largest absolute Gasteiger partial charge is 0.317 e. The fraction of sp³-hybridized carbons (Fsp3) is 0.545. The predicted molar refractivity (Wildman–Crippen MR) is 66.6 cm³/mol. The molecule has 1 N–H and O–H groups in total. The van der Waals surface area contributed by atoms with E-state index in [1.165, 1.54) is 11.3 Å². The van der Waals surface area contributed by atoms with Crippen molar-refractivity contribution in [2.45, 2.75) is 19.3 Å². The van der Waals surface area contributed by atoms with Gasteiger partial charge in [0, 0.05) is 6.42 Å². The zero-order valence-corrected chi connectivity index (χ0v) is 10.9. The van der Waals surface area contributed by atoms with Gasteiger partial charge >= 0.3 is 0 Å². The van der Waals surface area contributed by atoms with Gasteiger partial charge in [-0.2, -0.15) is 0 Å². The van der Waals surface area contributed by atoms with Gasteiger partial charge in [-0.15, -0.1) is 11.3 Å². The molecule has 0 bridgehead atoms. The molecule has 0 amide bonds. The molecule has 4 heteroatoms. The molecule has 1 fully saturated rings. The molecular formula is C11H14BrNOS. The highest BCUT2D eigenvalue weighted by atomic mass is 79.9. The van der Waals surface area contributed by atoms with E-state index in [0.717, 1.165) is 34.6 Å². The highest BCUT2D eigenvalue weighted by molar-refractivity contribution is 9.11. The Hall–Kier alpha value is -0.190. The Kier molecular flexibility index (Phi) is 3.94. The van der Waals surface area contributed by atoms with Gasteiger partial charge in [0.2, 0.25) is 0 Å². The van der Waals surface area contributed by atoms with Crippen LogP contribution in [0.3, 0.4) is 0 Å². The van der Waals surface area contributed by atoms with Crippen LogP contribution in [-0.2, 0) is 0 Å². The monoisotopic (exact) mass is 287 g/mol. The normalized spacial score (nSPS) is 17.9. The van der Waals surface area contributed by atoms with Crippen molar-refractivity contribution in [3.8, 4) is 0 Å². The van der Waals surface area contributed by atoms with E-state index in [1.807, 2.05) is 12.1 Å². The van der Waals surface area contributed by atoms with E-state index < -0.39 is 0 Å². The summed E-state index contributed by atoms with van der Waals surface area (Å²) >= 11 is 4.92. The lowest BCUT2D eigenvalue weighted by molar-refractivity contribution is 0.0956. The van der Waals surface area contributed by atoms with Crippen LogP contribution in [0.2, 0.25) is 0 Å². The third-order valence-corrected chi connectivity index (χ3v) is 4.45. The molecule has 2 nitrogen and oxygen atoms in total. The maximum absolute atomic E-state index is 11.9. The van der Waals surface area contributed by atoms with E-state index >= 15 is 0 Å². The van der Waals surface area contributed by atoms with Crippen LogP contribution in [-0.4, -0.2) is 18.9 Å². The molecule has 0 atom stereocenters. The van der Waals surface area contributed by atoms with Crippen LogP contribution >= 0.6 is 27.3 Å². The third kappa shape index (κ3) is 3.13. The minimum atomic E-state index is 0.303. The number of nitrogens with one attached hydrogen (secondary N) is 1. The molecule has 1 saturated heterocycles. The lowest BCUT2D eigenvalue weighted by Crippen LogP contribution is -2.28. The maximum atomic E-state index is 11.9. The highest BCUT2D eigenvalue weighted by Gasteiger charge is 2.18. The molecule has 0 spiro atoms. The molecule has 15 heavy (non-hydrogen) atoms. The van der Waals surface area contributed by atoms with Gasteiger partial charge in [0.15, 0.2) is 5.78 Å². The van der Waals surface area contributed by atoms with E-state index in [1.54, 1.807) is 0 Å². The summed E-state index contributed by atoms with van der Waals surface area (Å²) in [4.78, 5) is 12.8. The number of hydrogen-bond acceptors (Lipinski definition) is 3. The van der Waals surface area contributed by atoms with E-state index in [-0.39, 0.29) is 0 Å². The van der Waals surface area contributed by atoms with Crippen molar-refractivity contribution < 1.29 is 4.79 Å². The van der Waals surface area contributed by atoms with Crippen molar-refractivity contribution in [1.82, 2.24) is 5.32 Å². The summed E-state index contributed by atoms with van der Waals surface area (Å²) in [5.41, 5.74) is 0. The average molecular weight is 288 g/mol. The lowest BCUT2D eigenvalue weighted by Gasteiger charge is -2.21. The molecule has 0 aliphatic carbocycles. The van der Waals surface area contributed by atoms with E-state index in [9.17, 15) is 4.79 Å². The maximum Gasteiger partial charge on any atom is 0.173 e. The number of piperidine rings is 1. The summed E-state index contributed by atoms with van der Waals surface area (Å²) in [6.07, 6.45) is 2.99. The number of ketones is 1. The Morgan fingerprint density at radius 3 is 2.80 bits per heavy atom. The van der Waals surface area contributed by atoms with Gasteiger partial charge in [-0.05, 0) is 59.9 Å². The van der Waals surface area contributed by atoms with Crippen molar-refractivity contribution in [2.24, 2.45) is 5.92 Å². The van der Waals surface area contributed by atoms with Crippen LogP contribution in [0.15, 0.2) is 15.9 Å². The van der Waals surface area contributed by atoms with E-state index in [2.05, 4.69) is 21.2 Å². The number of carbonyl (C=O) groups excluding carboxylic acids is 1. The molecule has 82 valence electrons. The van der Waals surface area contributed by atoms with E-state index in [4.69, 9.17) is 0 Å². The number of carbonyl (C=O) groups is 1. The molecule has 1 aliphatic rings. The Morgan fingerprint density at radius 1 is 1.47 bits per heavy atom. The first-order valence-electron chi connectivity index (χ1n) is 5.25. The Morgan fingerprint density at radius 2 is 2.20 bits per heavy atom. The van der Waals surface area contributed by atoms with Crippen molar-refractivity contribution >= 4 is 33.0 Å². The van der Waals surface area contributed by atoms with Crippen molar-refractivity contribution in [3.63, 3.8) is 0 Å². The SMILES string of the molecule is O=C(CC1CCNCC1)c1ccc(Br)s1. The van der Waals surface area contributed by atoms with Gasteiger partial charge in [0.1, 0.15) is 0 Å². The first-order chi connectivity index (χ1) is 7.25. The minimum absolute atomic E-state index is 0.303. The van der Waals surface area contributed by atoms with Crippen LogP contribution in [0.5, 0.6) is 0 Å². The number of halogens is 1. The smallest absolute Gasteiger partial charge is 0.173 e. The Labute approximate surface area is 102 Å². The third-order valence-electron chi connectivity index (χ3n) is 2.78. The second-order valence-electron chi connectivity index (χ2n) is 3.92. The van der Waals surface area contributed by atoms with E-state index in [0.29, 0.717) is 18.1 Å². The zero-order valence-electron chi connectivity index (χ0n) is 8.46.